The third-order valence-corrected chi connectivity index (χ3v) is 6.14. The molecule has 0 radical (unpaired) electrons. The minimum Gasteiger partial charge on any atom is -0.507 e. The molecule has 0 atom stereocenters. The number of nitrogens with one attached hydrogen (secondary N) is 2. The first-order valence-corrected chi connectivity index (χ1v) is 11.5. The van der Waals surface area contributed by atoms with Gasteiger partial charge in [0, 0.05) is 41.1 Å². The fraction of sp³-hybridized carbons (Fsp3) is 0.154. The first kappa shape index (κ1) is 22.6. The van der Waals surface area contributed by atoms with Crippen molar-refractivity contribution in [3.63, 3.8) is 0 Å². The van der Waals surface area contributed by atoms with Crippen LogP contribution < -0.4 is 10.6 Å². The Morgan fingerprint density at radius 1 is 1.09 bits per heavy atom. The number of halogens is 1. The van der Waals surface area contributed by atoms with Crippen molar-refractivity contribution >= 4 is 29.2 Å². The highest BCUT2D eigenvalue weighted by molar-refractivity contribution is 6.31. The molecule has 2 heterocycles. The summed E-state index contributed by atoms with van der Waals surface area (Å²) in [5.41, 5.74) is 3.33. The van der Waals surface area contributed by atoms with Crippen LogP contribution in [0.25, 0.3) is 11.3 Å². The summed E-state index contributed by atoms with van der Waals surface area (Å²) in [4.78, 5) is 29.5. The number of benzene rings is 2. The Balaban J connectivity index is 1.39. The third-order valence-electron chi connectivity index (χ3n) is 5.77. The SMILES string of the molecule is O=C(Nc1ccc(O)c(-c2cc(C3CC3)n(C(=O)NCc3ccccc3Cl)n2)c1)c1cccnc1. The molecule has 1 fully saturated rings. The van der Waals surface area contributed by atoms with E-state index in [1.807, 2.05) is 24.3 Å². The molecule has 2 aromatic heterocycles. The van der Waals surface area contributed by atoms with Gasteiger partial charge in [-0.15, -0.1) is 0 Å². The molecular weight excluding hydrogens is 466 g/mol. The second-order valence-corrected chi connectivity index (χ2v) is 8.73. The highest BCUT2D eigenvalue weighted by Crippen LogP contribution is 2.42. The summed E-state index contributed by atoms with van der Waals surface area (Å²) in [5.74, 6) is -0.0938. The largest absolute Gasteiger partial charge is 0.507 e. The Labute approximate surface area is 206 Å². The van der Waals surface area contributed by atoms with Crippen LogP contribution in [0, 0.1) is 0 Å². The number of carbonyl (C=O) groups is 2. The molecule has 0 saturated heterocycles. The van der Waals surface area contributed by atoms with Crippen molar-refractivity contribution in [2.45, 2.75) is 25.3 Å². The van der Waals surface area contributed by atoms with E-state index in [9.17, 15) is 14.7 Å². The highest BCUT2D eigenvalue weighted by Gasteiger charge is 2.31. The summed E-state index contributed by atoms with van der Waals surface area (Å²) in [6, 6.07) is 16.8. The van der Waals surface area contributed by atoms with E-state index in [-0.39, 0.29) is 30.2 Å². The van der Waals surface area contributed by atoms with E-state index in [4.69, 9.17) is 11.6 Å². The van der Waals surface area contributed by atoms with Gasteiger partial charge in [0.15, 0.2) is 0 Å². The monoisotopic (exact) mass is 487 g/mol. The van der Waals surface area contributed by atoms with Crippen LogP contribution in [-0.4, -0.2) is 31.8 Å². The van der Waals surface area contributed by atoms with Crippen LogP contribution in [0.15, 0.2) is 73.1 Å². The molecule has 3 N–H and O–H groups in total. The minimum atomic E-state index is -0.376. The Hall–Kier alpha value is -4.17. The molecule has 1 aliphatic carbocycles. The van der Waals surface area contributed by atoms with Crippen LogP contribution >= 0.6 is 11.6 Å². The van der Waals surface area contributed by atoms with E-state index >= 15 is 0 Å². The lowest BCUT2D eigenvalue weighted by Crippen LogP contribution is -2.30. The van der Waals surface area contributed by atoms with Crippen molar-refractivity contribution in [3.8, 4) is 17.0 Å². The maximum atomic E-state index is 13.0. The fourth-order valence-electron chi connectivity index (χ4n) is 3.77. The third kappa shape index (κ3) is 5.02. The van der Waals surface area contributed by atoms with E-state index in [1.54, 1.807) is 36.5 Å². The zero-order valence-corrected chi connectivity index (χ0v) is 19.4. The van der Waals surface area contributed by atoms with Gasteiger partial charge in [-0.25, -0.2) is 4.79 Å². The van der Waals surface area contributed by atoms with Crippen molar-refractivity contribution in [2.75, 3.05) is 5.32 Å². The average molecular weight is 488 g/mol. The lowest BCUT2D eigenvalue weighted by molar-refractivity contribution is 0.102. The number of phenols is 1. The summed E-state index contributed by atoms with van der Waals surface area (Å²) >= 11 is 6.20. The summed E-state index contributed by atoms with van der Waals surface area (Å²) in [6.07, 6.45) is 5.00. The first-order chi connectivity index (χ1) is 17.0. The molecule has 8 nitrogen and oxygen atoms in total. The number of hydrogen-bond donors (Lipinski definition) is 3. The Bertz CT molecular complexity index is 1400. The molecule has 2 amide bonds. The lowest BCUT2D eigenvalue weighted by atomic mass is 10.1. The van der Waals surface area contributed by atoms with Crippen LogP contribution in [0.1, 0.15) is 40.4 Å². The number of rotatable bonds is 6. The van der Waals surface area contributed by atoms with Gasteiger partial charge in [0.1, 0.15) is 5.75 Å². The van der Waals surface area contributed by atoms with Gasteiger partial charge in [-0.3, -0.25) is 9.78 Å². The summed E-state index contributed by atoms with van der Waals surface area (Å²) in [5, 5.41) is 21.3. The van der Waals surface area contributed by atoms with Crippen LogP contribution in [0.5, 0.6) is 5.75 Å². The molecule has 1 saturated carbocycles. The summed E-state index contributed by atoms with van der Waals surface area (Å²) in [7, 11) is 0. The maximum Gasteiger partial charge on any atom is 0.342 e. The van der Waals surface area contributed by atoms with E-state index in [1.165, 1.54) is 16.9 Å². The predicted molar refractivity (Wildman–Crippen MR) is 133 cm³/mol. The predicted octanol–water partition coefficient (Wildman–Crippen LogP) is 5.19. The minimum absolute atomic E-state index is 0.00662. The van der Waals surface area contributed by atoms with Gasteiger partial charge in [-0.1, -0.05) is 29.8 Å². The summed E-state index contributed by atoms with van der Waals surface area (Å²) in [6.45, 7) is 0.263. The van der Waals surface area contributed by atoms with Crippen molar-refractivity contribution in [1.82, 2.24) is 20.1 Å². The van der Waals surface area contributed by atoms with E-state index in [0.717, 1.165) is 24.1 Å². The van der Waals surface area contributed by atoms with Crippen LogP contribution in [0.3, 0.4) is 0 Å². The normalized spacial score (nSPS) is 12.8. The molecule has 0 bridgehead atoms. The number of aromatic hydroxyl groups is 1. The van der Waals surface area contributed by atoms with Gasteiger partial charge in [-0.05, 0) is 60.9 Å². The maximum absolute atomic E-state index is 13.0. The average Bonchev–Trinajstić information content (AvgIpc) is 3.63. The van der Waals surface area contributed by atoms with Gasteiger partial charge >= 0.3 is 6.03 Å². The number of aromatic nitrogens is 3. The zero-order valence-electron chi connectivity index (χ0n) is 18.6. The molecule has 9 heteroatoms. The number of phenolic OH excluding ortho intramolecular Hbond substituents is 1. The Kier molecular flexibility index (Phi) is 6.20. The second-order valence-electron chi connectivity index (χ2n) is 8.32. The number of hydrogen-bond acceptors (Lipinski definition) is 5. The quantitative estimate of drug-likeness (QED) is 0.324. The molecule has 5 rings (SSSR count). The number of carbonyl (C=O) groups excluding carboxylic acids is 2. The number of anilines is 1. The van der Waals surface area contributed by atoms with Crippen molar-refractivity contribution in [2.24, 2.45) is 0 Å². The van der Waals surface area contributed by atoms with E-state index in [2.05, 4.69) is 20.7 Å². The van der Waals surface area contributed by atoms with Crippen molar-refractivity contribution in [1.29, 1.82) is 0 Å². The van der Waals surface area contributed by atoms with E-state index in [0.29, 0.717) is 27.5 Å². The summed E-state index contributed by atoms with van der Waals surface area (Å²) < 4.78 is 1.35. The lowest BCUT2D eigenvalue weighted by Gasteiger charge is -2.09. The zero-order chi connectivity index (χ0) is 24.4. The molecule has 0 spiro atoms. The standard InChI is InChI=1S/C26H22ClN5O3/c27-21-6-2-1-4-17(21)15-29-26(35)32-23(16-7-8-16)13-22(31-32)20-12-19(9-10-24(20)33)30-25(34)18-5-3-11-28-14-18/h1-6,9-14,16,33H,7-8,15H2,(H,29,35)(H,30,34). The topological polar surface area (TPSA) is 109 Å². The molecular formula is C26H22ClN5O3. The van der Waals surface area contributed by atoms with Gasteiger partial charge < -0.3 is 15.7 Å². The van der Waals surface area contributed by atoms with Gasteiger partial charge in [0.25, 0.3) is 5.91 Å². The number of nitrogens with zero attached hydrogens (tertiary/aromatic N) is 3. The molecule has 0 aliphatic heterocycles. The molecule has 176 valence electrons. The van der Waals surface area contributed by atoms with E-state index < -0.39 is 0 Å². The highest BCUT2D eigenvalue weighted by atomic mass is 35.5. The molecule has 35 heavy (non-hydrogen) atoms. The molecule has 0 unspecified atom stereocenters. The Morgan fingerprint density at radius 2 is 1.91 bits per heavy atom. The van der Waals surface area contributed by atoms with Crippen LogP contribution in [-0.2, 0) is 6.54 Å². The number of amides is 2. The Morgan fingerprint density at radius 3 is 2.66 bits per heavy atom. The van der Waals surface area contributed by atoms with Crippen molar-refractivity contribution < 1.29 is 14.7 Å². The molecule has 4 aromatic rings. The molecule has 2 aromatic carbocycles. The number of pyridine rings is 1. The second kappa shape index (κ2) is 9.60. The smallest absolute Gasteiger partial charge is 0.342 e. The van der Waals surface area contributed by atoms with Crippen molar-refractivity contribution in [3.05, 3.63) is 94.9 Å². The first-order valence-electron chi connectivity index (χ1n) is 11.2. The van der Waals surface area contributed by atoms with Crippen LogP contribution in [0.4, 0.5) is 10.5 Å². The van der Waals surface area contributed by atoms with Gasteiger partial charge in [-0.2, -0.15) is 9.78 Å². The fourth-order valence-corrected chi connectivity index (χ4v) is 3.97. The molecule has 1 aliphatic rings. The van der Waals surface area contributed by atoms with Crippen LogP contribution in [0.2, 0.25) is 5.02 Å². The van der Waals surface area contributed by atoms with Gasteiger partial charge in [0.2, 0.25) is 0 Å². The van der Waals surface area contributed by atoms with Gasteiger partial charge in [0.05, 0.1) is 17.0 Å².